The quantitative estimate of drug-likeness (QED) is 0.851. The van der Waals surface area contributed by atoms with Crippen LogP contribution in [0.1, 0.15) is 33.7 Å². The molecule has 1 aliphatic heterocycles. The maximum atomic E-state index is 12.9. The van der Waals surface area contributed by atoms with E-state index in [9.17, 15) is 4.79 Å². The van der Waals surface area contributed by atoms with E-state index < -0.39 is 0 Å². The van der Waals surface area contributed by atoms with Crippen LogP contribution in [0.2, 0.25) is 0 Å². The third-order valence-electron chi connectivity index (χ3n) is 4.79. The predicted molar refractivity (Wildman–Crippen MR) is 104 cm³/mol. The number of aryl methyl sites for hydroxylation is 2. The van der Waals surface area contributed by atoms with Gasteiger partial charge in [-0.2, -0.15) is 0 Å². The summed E-state index contributed by atoms with van der Waals surface area (Å²) < 4.78 is 0. The van der Waals surface area contributed by atoms with Gasteiger partial charge in [-0.25, -0.2) is 9.97 Å². The highest BCUT2D eigenvalue weighted by Gasteiger charge is 2.23. The van der Waals surface area contributed by atoms with Gasteiger partial charge in [0.15, 0.2) is 0 Å². The Morgan fingerprint density at radius 1 is 1.04 bits per heavy atom. The van der Waals surface area contributed by atoms with E-state index >= 15 is 0 Å². The van der Waals surface area contributed by atoms with Crippen LogP contribution in [-0.4, -0.2) is 58.4 Å². The molecule has 5 heteroatoms. The van der Waals surface area contributed by atoms with Crippen molar-refractivity contribution < 1.29 is 4.79 Å². The Bertz CT molecular complexity index is 753. The number of hydrogen-bond acceptors (Lipinski definition) is 4. The van der Waals surface area contributed by atoms with E-state index in [-0.39, 0.29) is 5.91 Å². The molecule has 0 aliphatic carbocycles. The second-order valence-corrected chi connectivity index (χ2v) is 6.68. The van der Waals surface area contributed by atoms with E-state index in [0.717, 1.165) is 50.5 Å². The molecule has 1 fully saturated rings. The van der Waals surface area contributed by atoms with Crippen molar-refractivity contribution in [1.82, 2.24) is 19.8 Å². The first-order chi connectivity index (χ1) is 12.6. The molecule has 1 aromatic carbocycles. The molecule has 2 heterocycles. The molecule has 0 N–H and O–H groups in total. The van der Waals surface area contributed by atoms with Gasteiger partial charge in [-0.3, -0.25) is 9.69 Å². The zero-order chi connectivity index (χ0) is 18.4. The highest BCUT2D eigenvalue weighted by atomic mass is 16.2. The molecule has 26 heavy (non-hydrogen) atoms. The zero-order valence-electron chi connectivity index (χ0n) is 15.6. The molecular formula is C21H26N4O. The standard InChI is InChI=1S/C21H26N4O/c1-17-20(18(2)23-16-22-17)21(26)25-13-7-12-24(14-15-25)11-6-10-19-8-4-3-5-9-19/h3-6,8-10,16H,7,11-15H2,1-2H3. The molecule has 0 bridgehead atoms. The van der Waals surface area contributed by atoms with Crippen molar-refractivity contribution in [3.05, 3.63) is 65.2 Å². The van der Waals surface area contributed by atoms with E-state index in [4.69, 9.17) is 0 Å². The van der Waals surface area contributed by atoms with Gasteiger partial charge >= 0.3 is 0 Å². The average molecular weight is 350 g/mol. The Morgan fingerprint density at radius 2 is 1.77 bits per heavy atom. The first-order valence-electron chi connectivity index (χ1n) is 9.16. The monoisotopic (exact) mass is 350 g/mol. The van der Waals surface area contributed by atoms with E-state index in [1.54, 1.807) is 0 Å². The SMILES string of the molecule is Cc1ncnc(C)c1C(=O)N1CCCN(CC=Cc2ccccc2)CC1. The van der Waals surface area contributed by atoms with Crippen molar-refractivity contribution in [2.24, 2.45) is 0 Å². The van der Waals surface area contributed by atoms with Crippen LogP contribution in [0, 0.1) is 13.8 Å². The van der Waals surface area contributed by atoms with Crippen LogP contribution in [0.5, 0.6) is 0 Å². The molecule has 1 aliphatic rings. The number of rotatable bonds is 4. The van der Waals surface area contributed by atoms with Crippen molar-refractivity contribution in [2.45, 2.75) is 20.3 Å². The molecule has 1 amide bonds. The van der Waals surface area contributed by atoms with Crippen molar-refractivity contribution >= 4 is 12.0 Å². The molecular weight excluding hydrogens is 324 g/mol. The van der Waals surface area contributed by atoms with Gasteiger partial charge < -0.3 is 4.90 Å². The van der Waals surface area contributed by atoms with Crippen molar-refractivity contribution in [1.29, 1.82) is 0 Å². The summed E-state index contributed by atoms with van der Waals surface area (Å²) in [5.74, 6) is 0.0577. The van der Waals surface area contributed by atoms with Gasteiger partial charge in [0.1, 0.15) is 6.33 Å². The van der Waals surface area contributed by atoms with Crippen LogP contribution in [0.25, 0.3) is 6.08 Å². The minimum atomic E-state index is 0.0577. The lowest BCUT2D eigenvalue weighted by atomic mass is 10.1. The van der Waals surface area contributed by atoms with Gasteiger partial charge in [-0.1, -0.05) is 42.5 Å². The van der Waals surface area contributed by atoms with Gasteiger partial charge in [0.2, 0.25) is 0 Å². The minimum absolute atomic E-state index is 0.0577. The Morgan fingerprint density at radius 3 is 2.50 bits per heavy atom. The Labute approximate surface area is 155 Å². The second kappa shape index (κ2) is 8.72. The van der Waals surface area contributed by atoms with Crippen LogP contribution in [-0.2, 0) is 0 Å². The number of carbonyl (C=O) groups excluding carboxylic acids is 1. The van der Waals surface area contributed by atoms with Gasteiger partial charge in [0.05, 0.1) is 17.0 Å². The Kier molecular flexibility index (Phi) is 6.12. The molecule has 0 saturated carbocycles. The fraction of sp³-hybridized carbons (Fsp3) is 0.381. The number of aromatic nitrogens is 2. The first kappa shape index (κ1) is 18.3. The summed E-state index contributed by atoms with van der Waals surface area (Å²) in [6, 6.07) is 10.3. The number of amides is 1. The van der Waals surface area contributed by atoms with E-state index in [1.807, 2.05) is 36.9 Å². The lowest BCUT2D eigenvalue weighted by molar-refractivity contribution is 0.0759. The third-order valence-corrected chi connectivity index (χ3v) is 4.79. The van der Waals surface area contributed by atoms with Gasteiger partial charge in [-0.05, 0) is 25.8 Å². The normalized spacial score (nSPS) is 16.0. The molecule has 1 aromatic heterocycles. The van der Waals surface area contributed by atoms with Gasteiger partial charge in [0, 0.05) is 32.7 Å². The lowest BCUT2D eigenvalue weighted by Gasteiger charge is -2.22. The summed E-state index contributed by atoms with van der Waals surface area (Å²) in [4.78, 5) is 25.6. The zero-order valence-corrected chi connectivity index (χ0v) is 15.6. The number of hydrogen-bond donors (Lipinski definition) is 0. The van der Waals surface area contributed by atoms with Gasteiger partial charge in [-0.15, -0.1) is 0 Å². The number of nitrogens with zero attached hydrogens (tertiary/aromatic N) is 4. The Balaban J connectivity index is 1.58. The molecule has 3 rings (SSSR count). The molecule has 0 spiro atoms. The maximum absolute atomic E-state index is 12.9. The molecule has 0 atom stereocenters. The highest BCUT2D eigenvalue weighted by molar-refractivity contribution is 5.96. The molecule has 136 valence electrons. The van der Waals surface area contributed by atoms with Crippen LogP contribution in [0.15, 0.2) is 42.7 Å². The third kappa shape index (κ3) is 4.55. The molecule has 5 nitrogen and oxygen atoms in total. The highest BCUT2D eigenvalue weighted by Crippen LogP contribution is 2.14. The average Bonchev–Trinajstić information content (AvgIpc) is 2.88. The summed E-state index contributed by atoms with van der Waals surface area (Å²) in [6.45, 7) is 8.07. The first-order valence-corrected chi connectivity index (χ1v) is 9.16. The summed E-state index contributed by atoms with van der Waals surface area (Å²) in [7, 11) is 0. The summed E-state index contributed by atoms with van der Waals surface area (Å²) >= 11 is 0. The van der Waals surface area contributed by atoms with E-state index in [2.05, 4.69) is 39.2 Å². The largest absolute Gasteiger partial charge is 0.337 e. The summed E-state index contributed by atoms with van der Waals surface area (Å²) in [5.41, 5.74) is 3.39. The number of benzene rings is 1. The van der Waals surface area contributed by atoms with Crippen LogP contribution in [0.4, 0.5) is 0 Å². The predicted octanol–water partition coefficient (Wildman–Crippen LogP) is 2.95. The topological polar surface area (TPSA) is 49.3 Å². The number of carbonyl (C=O) groups is 1. The maximum Gasteiger partial charge on any atom is 0.257 e. The fourth-order valence-electron chi connectivity index (χ4n) is 3.32. The van der Waals surface area contributed by atoms with Gasteiger partial charge in [0.25, 0.3) is 5.91 Å². The second-order valence-electron chi connectivity index (χ2n) is 6.68. The van der Waals surface area contributed by atoms with Crippen LogP contribution >= 0.6 is 0 Å². The minimum Gasteiger partial charge on any atom is -0.337 e. The molecule has 2 aromatic rings. The van der Waals surface area contributed by atoms with E-state index in [1.165, 1.54) is 11.9 Å². The van der Waals surface area contributed by atoms with Crippen LogP contribution in [0.3, 0.4) is 0 Å². The molecule has 0 unspecified atom stereocenters. The van der Waals surface area contributed by atoms with E-state index in [0.29, 0.717) is 5.56 Å². The van der Waals surface area contributed by atoms with Crippen molar-refractivity contribution in [3.8, 4) is 0 Å². The Hall–Kier alpha value is -2.53. The van der Waals surface area contributed by atoms with Crippen LogP contribution < -0.4 is 0 Å². The summed E-state index contributed by atoms with van der Waals surface area (Å²) in [5, 5.41) is 0. The lowest BCUT2D eigenvalue weighted by Crippen LogP contribution is -2.36. The smallest absolute Gasteiger partial charge is 0.257 e. The summed E-state index contributed by atoms with van der Waals surface area (Å²) in [6.07, 6.45) is 6.86. The van der Waals surface area contributed by atoms with Crippen molar-refractivity contribution in [3.63, 3.8) is 0 Å². The molecule has 1 saturated heterocycles. The molecule has 0 radical (unpaired) electrons. The van der Waals surface area contributed by atoms with Crippen molar-refractivity contribution in [2.75, 3.05) is 32.7 Å². The fourth-order valence-corrected chi connectivity index (χ4v) is 3.32.